The molecule has 1 amide bonds. The van der Waals surface area contributed by atoms with Gasteiger partial charge in [-0.3, -0.25) is 4.79 Å². The lowest BCUT2D eigenvalue weighted by molar-refractivity contribution is -0.118. The summed E-state index contributed by atoms with van der Waals surface area (Å²) in [6.07, 6.45) is 4.79. The Labute approximate surface area is 95.8 Å². The van der Waals surface area contributed by atoms with E-state index < -0.39 is 0 Å². The molecule has 3 heteroatoms. The van der Waals surface area contributed by atoms with E-state index in [0.29, 0.717) is 12.3 Å². The van der Waals surface area contributed by atoms with Gasteiger partial charge in [0.1, 0.15) is 5.75 Å². The lowest BCUT2D eigenvalue weighted by Crippen LogP contribution is -2.20. The van der Waals surface area contributed by atoms with Gasteiger partial charge in [-0.05, 0) is 36.6 Å². The maximum absolute atomic E-state index is 10.6. The second kappa shape index (κ2) is 5.95. The molecule has 0 heterocycles. The monoisotopic (exact) mass is 219 g/mol. The minimum atomic E-state index is -0.00567. The number of phenolic OH excluding ortho intramolecular Hbond substituents is 1. The summed E-state index contributed by atoms with van der Waals surface area (Å²) in [6, 6.07) is 5.46. The third-order valence-electron chi connectivity index (χ3n) is 2.22. The van der Waals surface area contributed by atoms with E-state index in [9.17, 15) is 9.90 Å². The first-order chi connectivity index (χ1) is 7.59. The summed E-state index contributed by atoms with van der Waals surface area (Å²) in [7, 11) is 0. The fourth-order valence-electron chi connectivity index (χ4n) is 1.33. The number of hydrogen-bond acceptors (Lipinski definition) is 2. The molecule has 0 aliphatic heterocycles. The van der Waals surface area contributed by atoms with Crippen LogP contribution in [0.4, 0.5) is 0 Å². The molecule has 2 N–H and O–H groups in total. The number of aryl methyl sites for hydroxylation is 1. The summed E-state index contributed by atoms with van der Waals surface area (Å²) in [5.74, 6) is 0.310. The van der Waals surface area contributed by atoms with E-state index in [1.54, 1.807) is 6.07 Å². The third-order valence-corrected chi connectivity index (χ3v) is 2.22. The highest BCUT2D eigenvalue weighted by molar-refractivity contribution is 5.72. The van der Waals surface area contributed by atoms with E-state index in [4.69, 9.17) is 0 Å². The van der Waals surface area contributed by atoms with Crippen molar-refractivity contribution in [1.82, 2.24) is 5.32 Å². The molecule has 0 saturated heterocycles. The first-order valence-electron chi connectivity index (χ1n) is 5.30. The van der Waals surface area contributed by atoms with Crippen LogP contribution in [0.1, 0.15) is 24.5 Å². The van der Waals surface area contributed by atoms with Gasteiger partial charge in [-0.15, -0.1) is 0 Å². The summed E-state index contributed by atoms with van der Waals surface area (Å²) in [4.78, 5) is 10.6. The Balaban J connectivity index is 2.44. The first-order valence-corrected chi connectivity index (χ1v) is 5.30. The van der Waals surface area contributed by atoms with Crippen LogP contribution in [0.2, 0.25) is 0 Å². The van der Waals surface area contributed by atoms with Crippen molar-refractivity contribution in [3.8, 4) is 5.75 Å². The number of hydrogen-bond donors (Lipinski definition) is 2. The van der Waals surface area contributed by atoms with Crippen LogP contribution in [0.15, 0.2) is 24.3 Å². The van der Waals surface area contributed by atoms with Crippen LogP contribution in [0, 0.1) is 6.92 Å². The van der Waals surface area contributed by atoms with E-state index in [2.05, 4.69) is 5.32 Å². The summed E-state index contributed by atoms with van der Waals surface area (Å²) in [5, 5.41) is 12.1. The Bertz CT molecular complexity index is 397. The van der Waals surface area contributed by atoms with Crippen molar-refractivity contribution >= 4 is 12.0 Å². The molecule has 0 aliphatic carbocycles. The number of aromatic hydroxyl groups is 1. The third kappa shape index (κ3) is 4.17. The highest BCUT2D eigenvalue weighted by Gasteiger charge is 1.94. The minimum absolute atomic E-state index is 0.00567. The topological polar surface area (TPSA) is 49.3 Å². The Morgan fingerprint density at radius 1 is 1.50 bits per heavy atom. The van der Waals surface area contributed by atoms with Gasteiger partial charge < -0.3 is 10.4 Å². The van der Waals surface area contributed by atoms with E-state index in [0.717, 1.165) is 17.5 Å². The first kappa shape index (κ1) is 12.3. The lowest BCUT2D eigenvalue weighted by atomic mass is 10.1. The molecule has 1 rings (SSSR count). The van der Waals surface area contributed by atoms with Crippen LogP contribution in [0.3, 0.4) is 0 Å². The molecule has 0 aliphatic rings. The average molecular weight is 219 g/mol. The number of rotatable bonds is 4. The van der Waals surface area contributed by atoms with Crippen molar-refractivity contribution in [3.63, 3.8) is 0 Å². The molecule has 0 saturated carbocycles. The average Bonchev–Trinajstić information content (AvgIpc) is 2.22. The predicted octanol–water partition coefficient (Wildman–Crippen LogP) is 2.24. The zero-order valence-corrected chi connectivity index (χ0v) is 9.66. The second-order valence-corrected chi connectivity index (χ2v) is 3.72. The van der Waals surface area contributed by atoms with Gasteiger partial charge in [0.15, 0.2) is 0 Å². The fourth-order valence-corrected chi connectivity index (χ4v) is 1.33. The Kier molecular flexibility index (Phi) is 4.58. The van der Waals surface area contributed by atoms with Gasteiger partial charge in [-0.2, -0.15) is 0 Å². The maximum Gasteiger partial charge on any atom is 0.216 e. The van der Waals surface area contributed by atoms with Crippen LogP contribution >= 0.6 is 0 Å². The molecular formula is C13H17NO2. The maximum atomic E-state index is 10.6. The molecule has 16 heavy (non-hydrogen) atoms. The molecule has 0 aromatic heterocycles. The SMILES string of the molecule is CC(=O)NCCC=Cc1ccc(O)c(C)c1. The predicted molar refractivity (Wildman–Crippen MR) is 65.2 cm³/mol. The summed E-state index contributed by atoms with van der Waals surface area (Å²) < 4.78 is 0. The van der Waals surface area contributed by atoms with Crippen molar-refractivity contribution < 1.29 is 9.90 Å². The van der Waals surface area contributed by atoms with Crippen LogP contribution in [0.25, 0.3) is 6.08 Å². The molecule has 1 aromatic rings. The molecule has 3 nitrogen and oxygen atoms in total. The molecule has 0 radical (unpaired) electrons. The van der Waals surface area contributed by atoms with Crippen LogP contribution in [-0.2, 0) is 4.79 Å². The highest BCUT2D eigenvalue weighted by Crippen LogP contribution is 2.17. The Morgan fingerprint density at radius 2 is 2.25 bits per heavy atom. The number of phenols is 1. The molecule has 0 unspecified atom stereocenters. The molecule has 0 fully saturated rings. The summed E-state index contributed by atoms with van der Waals surface area (Å²) in [5.41, 5.74) is 1.92. The largest absolute Gasteiger partial charge is 0.508 e. The Hall–Kier alpha value is -1.77. The van der Waals surface area contributed by atoms with E-state index in [1.807, 2.05) is 31.2 Å². The van der Waals surface area contributed by atoms with Gasteiger partial charge in [0.05, 0.1) is 0 Å². The molecule has 86 valence electrons. The van der Waals surface area contributed by atoms with Crippen LogP contribution < -0.4 is 5.32 Å². The Morgan fingerprint density at radius 3 is 2.88 bits per heavy atom. The zero-order chi connectivity index (χ0) is 12.0. The van der Waals surface area contributed by atoms with Crippen molar-refractivity contribution in [2.45, 2.75) is 20.3 Å². The van der Waals surface area contributed by atoms with Crippen molar-refractivity contribution in [2.75, 3.05) is 6.54 Å². The molecule has 1 aromatic carbocycles. The van der Waals surface area contributed by atoms with Crippen molar-refractivity contribution in [1.29, 1.82) is 0 Å². The highest BCUT2D eigenvalue weighted by atomic mass is 16.3. The van der Waals surface area contributed by atoms with Gasteiger partial charge in [-0.1, -0.05) is 18.2 Å². The van der Waals surface area contributed by atoms with Gasteiger partial charge in [0.25, 0.3) is 0 Å². The smallest absolute Gasteiger partial charge is 0.216 e. The van der Waals surface area contributed by atoms with Crippen LogP contribution in [-0.4, -0.2) is 17.6 Å². The molecule has 0 spiro atoms. The van der Waals surface area contributed by atoms with Crippen LogP contribution in [0.5, 0.6) is 5.75 Å². The summed E-state index contributed by atoms with van der Waals surface area (Å²) in [6.45, 7) is 4.03. The summed E-state index contributed by atoms with van der Waals surface area (Å²) >= 11 is 0. The van der Waals surface area contributed by atoms with E-state index in [-0.39, 0.29) is 5.91 Å². The quantitative estimate of drug-likeness (QED) is 0.763. The van der Waals surface area contributed by atoms with Crippen molar-refractivity contribution in [2.24, 2.45) is 0 Å². The van der Waals surface area contributed by atoms with Gasteiger partial charge in [0.2, 0.25) is 5.91 Å². The number of carbonyl (C=O) groups is 1. The van der Waals surface area contributed by atoms with Gasteiger partial charge >= 0.3 is 0 Å². The molecule has 0 atom stereocenters. The lowest BCUT2D eigenvalue weighted by Gasteiger charge is -2.00. The number of nitrogens with one attached hydrogen (secondary N) is 1. The fraction of sp³-hybridized carbons (Fsp3) is 0.308. The number of benzene rings is 1. The standard InChI is InChI=1S/C13H17NO2/c1-10-9-12(6-7-13(10)16)5-3-4-8-14-11(2)15/h3,5-7,9,16H,4,8H2,1-2H3,(H,14,15). The second-order valence-electron chi connectivity index (χ2n) is 3.72. The van der Waals surface area contributed by atoms with Gasteiger partial charge in [0, 0.05) is 13.5 Å². The number of amides is 1. The normalized spacial score (nSPS) is 10.6. The molecule has 0 bridgehead atoms. The van der Waals surface area contributed by atoms with E-state index >= 15 is 0 Å². The van der Waals surface area contributed by atoms with Gasteiger partial charge in [-0.25, -0.2) is 0 Å². The minimum Gasteiger partial charge on any atom is -0.508 e. The molecular weight excluding hydrogens is 202 g/mol. The van der Waals surface area contributed by atoms with Crippen molar-refractivity contribution in [3.05, 3.63) is 35.4 Å². The number of carbonyl (C=O) groups excluding carboxylic acids is 1. The zero-order valence-electron chi connectivity index (χ0n) is 9.66. The van der Waals surface area contributed by atoms with E-state index in [1.165, 1.54) is 6.92 Å².